The molecule has 2 amide bonds. The molecule has 0 aliphatic rings. The molecule has 2 aromatic carbocycles. The van der Waals surface area contributed by atoms with E-state index in [1.54, 1.807) is 36.4 Å². The SMILES string of the molecule is Cc1ccccc1NC(=O)C(=O)NCCOc1ccccc1Cl. The number of benzene rings is 2. The average Bonchev–Trinajstić information content (AvgIpc) is 2.55. The molecule has 0 atom stereocenters. The van der Waals surface area contributed by atoms with Gasteiger partial charge >= 0.3 is 11.8 Å². The number of halogens is 1. The van der Waals surface area contributed by atoms with E-state index >= 15 is 0 Å². The van der Waals surface area contributed by atoms with Crippen molar-refractivity contribution in [2.75, 3.05) is 18.5 Å². The second-order valence-corrected chi connectivity index (χ2v) is 5.21. The molecule has 0 aromatic heterocycles. The minimum atomic E-state index is -0.712. The van der Waals surface area contributed by atoms with Crippen LogP contribution in [0.5, 0.6) is 5.75 Å². The average molecular weight is 333 g/mol. The molecule has 0 bridgehead atoms. The second-order valence-electron chi connectivity index (χ2n) is 4.80. The van der Waals surface area contributed by atoms with Gasteiger partial charge in [-0.1, -0.05) is 41.9 Å². The van der Waals surface area contributed by atoms with Crippen molar-refractivity contribution in [1.82, 2.24) is 5.32 Å². The number of hydrogen-bond acceptors (Lipinski definition) is 3. The highest BCUT2D eigenvalue weighted by Crippen LogP contribution is 2.22. The number of hydrogen-bond donors (Lipinski definition) is 2. The summed E-state index contributed by atoms with van der Waals surface area (Å²) in [6.07, 6.45) is 0. The number of nitrogens with one attached hydrogen (secondary N) is 2. The van der Waals surface area contributed by atoms with Crippen molar-refractivity contribution in [2.45, 2.75) is 6.92 Å². The molecule has 0 saturated carbocycles. The van der Waals surface area contributed by atoms with Crippen LogP contribution in [0.15, 0.2) is 48.5 Å². The normalized spacial score (nSPS) is 10.0. The van der Waals surface area contributed by atoms with E-state index in [9.17, 15) is 9.59 Å². The third-order valence-corrected chi connectivity index (χ3v) is 3.39. The molecule has 6 heteroatoms. The van der Waals surface area contributed by atoms with Crippen LogP contribution in [0.25, 0.3) is 0 Å². The first kappa shape index (κ1) is 16.8. The van der Waals surface area contributed by atoms with Gasteiger partial charge in [0.15, 0.2) is 0 Å². The van der Waals surface area contributed by atoms with E-state index in [4.69, 9.17) is 16.3 Å². The highest BCUT2D eigenvalue weighted by atomic mass is 35.5. The summed E-state index contributed by atoms with van der Waals surface area (Å²) in [7, 11) is 0. The van der Waals surface area contributed by atoms with E-state index in [-0.39, 0.29) is 13.2 Å². The van der Waals surface area contributed by atoms with Gasteiger partial charge in [0.1, 0.15) is 12.4 Å². The van der Waals surface area contributed by atoms with E-state index in [1.807, 2.05) is 19.1 Å². The fraction of sp³-hybridized carbons (Fsp3) is 0.176. The monoisotopic (exact) mass is 332 g/mol. The third kappa shape index (κ3) is 5.00. The number of para-hydroxylation sites is 2. The lowest BCUT2D eigenvalue weighted by atomic mass is 10.2. The van der Waals surface area contributed by atoms with Gasteiger partial charge in [0, 0.05) is 5.69 Å². The summed E-state index contributed by atoms with van der Waals surface area (Å²) in [6.45, 7) is 2.27. The molecule has 0 heterocycles. The summed E-state index contributed by atoms with van der Waals surface area (Å²) in [5.41, 5.74) is 1.50. The number of carbonyl (C=O) groups excluding carboxylic acids is 2. The Bertz CT molecular complexity index is 704. The lowest BCUT2D eigenvalue weighted by Crippen LogP contribution is -2.37. The van der Waals surface area contributed by atoms with Gasteiger partial charge in [-0.15, -0.1) is 0 Å². The minimum Gasteiger partial charge on any atom is -0.490 e. The Hall–Kier alpha value is -2.53. The predicted octanol–water partition coefficient (Wildman–Crippen LogP) is 2.78. The first-order chi connectivity index (χ1) is 11.1. The van der Waals surface area contributed by atoms with Crippen LogP contribution in [-0.2, 0) is 9.59 Å². The maximum atomic E-state index is 11.8. The lowest BCUT2D eigenvalue weighted by Gasteiger charge is -2.10. The van der Waals surface area contributed by atoms with Crippen LogP contribution in [0.2, 0.25) is 5.02 Å². The molecule has 0 fully saturated rings. The molecule has 0 aliphatic heterocycles. The first-order valence-electron chi connectivity index (χ1n) is 7.10. The zero-order chi connectivity index (χ0) is 16.7. The van der Waals surface area contributed by atoms with Crippen LogP contribution in [0.1, 0.15) is 5.56 Å². The molecule has 0 radical (unpaired) electrons. The Kier molecular flexibility index (Phi) is 6.00. The molecule has 120 valence electrons. The van der Waals surface area contributed by atoms with Gasteiger partial charge in [0.05, 0.1) is 11.6 Å². The van der Waals surface area contributed by atoms with Gasteiger partial charge in [0.2, 0.25) is 0 Å². The number of carbonyl (C=O) groups is 2. The van der Waals surface area contributed by atoms with Crippen molar-refractivity contribution in [3.05, 3.63) is 59.1 Å². The lowest BCUT2D eigenvalue weighted by molar-refractivity contribution is -0.136. The van der Waals surface area contributed by atoms with Crippen molar-refractivity contribution >= 4 is 29.1 Å². The molecule has 0 spiro atoms. The summed E-state index contributed by atoms with van der Waals surface area (Å²) in [5, 5.41) is 5.55. The standard InChI is InChI=1S/C17H17ClN2O3/c1-12-6-2-4-8-14(12)20-17(22)16(21)19-10-11-23-15-9-5-3-7-13(15)18/h2-9H,10-11H2,1H3,(H,19,21)(H,20,22). The van der Waals surface area contributed by atoms with Gasteiger partial charge in [0.25, 0.3) is 0 Å². The van der Waals surface area contributed by atoms with Gasteiger partial charge in [-0.3, -0.25) is 9.59 Å². The Balaban J connectivity index is 1.75. The van der Waals surface area contributed by atoms with Gasteiger partial charge in [-0.05, 0) is 30.7 Å². The number of anilines is 1. The van der Waals surface area contributed by atoms with E-state index in [2.05, 4.69) is 10.6 Å². The van der Waals surface area contributed by atoms with E-state index in [1.165, 1.54) is 0 Å². The molecule has 5 nitrogen and oxygen atoms in total. The summed E-state index contributed by atoms with van der Waals surface area (Å²) in [4.78, 5) is 23.5. The van der Waals surface area contributed by atoms with Crippen molar-refractivity contribution < 1.29 is 14.3 Å². The molecular formula is C17H17ClN2O3. The van der Waals surface area contributed by atoms with E-state index in [0.29, 0.717) is 16.5 Å². The molecule has 23 heavy (non-hydrogen) atoms. The van der Waals surface area contributed by atoms with E-state index < -0.39 is 11.8 Å². The highest BCUT2D eigenvalue weighted by Gasteiger charge is 2.13. The second kappa shape index (κ2) is 8.19. The predicted molar refractivity (Wildman–Crippen MR) is 89.8 cm³/mol. The number of amides is 2. The molecule has 2 aromatic rings. The van der Waals surface area contributed by atoms with Crippen LogP contribution < -0.4 is 15.4 Å². The molecule has 0 saturated heterocycles. The maximum Gasteiger partial charge on any atom is 0.313 e. The van der Waals surface area contributed by atoms with Crippen LogP contribution in [0.3, 0.4) is 0 Å². The Morgan fingerprint density at radius 2 is 1.74 bits per heavy atom. The molecule has 2 rings (SSSR count). The fourth-order valence-electron chi connectivity index (χ4n) is 1.86. The zero-order valence-corrected chi connectivity index (χ0v) is 13.4. The highest BCUT2D eigenvalue weighted by molar-refractivity contribution is 6.39. The number of aryl methyl sites for hydroxylation is 1. The smallest absolute Gasteiger partial charge is 0.313 e. The minimum absolute atomic E-state index is 0.200. The van der Waals surface area contributed by atoms with Crippen LogP contribution in [0.4, 0.5) is 5.69 Å². The summed E-state index contributed by atoms with van der Waals surface area (Å²) >= 11 is 5.94. The first-order valence-corrected chi connectivity index (χ1v) is 7.48. The summed E-state index contributed by atoms with van der Waals surface area (Å²) < 4.78 is 5.43. The Labute approximate surface area is 139 Å². The number of rotatable bonds is 5. The van der Waals surface area contributed by atoms with Crippen molar-refractivity contribution in [1.29, 1.82) is 0 Å². The van der Waals surface area contributed by atoms with Crippen LogP contribution in [0, 0.1) is 6.92 Å². The molecule has 2 N–H and O–H groups in total. The van der Waals surface area contributed by atoms with Crippen molar-refractivity contribution in [2.24, 2.45) is 0 Å². The van der Waals surface area contributed by atoms with Gasteiger partial charge in [-0.2, -0.15) is 0 Å². The fourth-order valence-corrected chi connectivity index (χ4v) is 2.05. The third-order valence-electron chi connectivity index (χ3n) is 3.08. The van der Waals surface area contributed by atoms with Crippen molar-refractivity contribution in [3.63, 3.8) is 0 Å². The van der Waals surface area contributed by atoms with Crippen molar-refractivity contribution in [3.8, 4) is 5.75 Å². The molecule has 0 unspecified atom stereocenters. The quantitative estimate of drug-likeness (QED) is 0.653. The largest absolute Gasteiger partial charge is 0.490 e. The van der Waals surface area contributed by atoms with Crippen LogP contribution in [-0.4, -0.2) is 25.0 Å². The summed E-state index contributed by atoms with van der Waals surface area (Å²) in [5.74, 6) is -0.888. The summed E-state index contributed by atoms with van der Waals surface area (Å²) in [6, 6.07) is 14.3. The molecule has 0 aliphatic carbocycles. The Morgan fingerprint density at radius 3 is 2.48 bits per heavy atom. The van der Waals surface area contributed by atoms with Gasteiger partial charge in [-0.25, -0.2) is 0 Å². The number of ether oxygens (including phenoxy) is 1. The van der Waals surface area contributed by atoms with Gasteiger partial charge < -0.3 is 15.4 Å². The molecular weight excluding hydrogens is 316 g/mol. The van der Waals surface area contributed by atoms with E-state index in [0.717, 1.165) is 5.56 Å². The Morgan fingerprint density at radius 1 is 1.04 bits per heavy atom. The maximum absolute atomic E-state index is 11.8. The zero-order valence-electron chi connectivity index (χ0n) is 12.6. The van der Waals surface area contributed by atoms with Crippen LogP contribution >= 0.6 is 11.6 Å². The topological polar surface area (TPSA) is 67.4 Å².